The number of rotatable bonds is 12. The number of carboxylic acid groups (broad SMARTS) is 1. The Morgan fingerprint density at radius 2 is 1.09 bits per heavy atom. The highest BCUT2D eigenvalue weighted by Gasteiger charge is 2.40. The first-order valence-corrected chi connectivity index (χ1v) is 26.1. The van der Waals surface area contributed by atoms with Crippen LogP contribution in [-0.2, 0) is 62.7 Å². The number of cyclic esters (lactones) is 1. The van der Waals surface area contributed by atoms with Crippen LogP contribution in [0.4, 0.5) is 65.9 Å². The van der Waals surface area contributed by atoms with Crippen LogP contribution in [0.5, 0.6) is 0 Å². The van der Waals surface area contributed by atoms with Crippen molar-refractivity contribution in [2.75, 3.05) is 26.3 Å². The van der Waals surface area contributed by atoms with Crippen LogP contribution in [0.3, 0.4) is 0 Å². The summed E-state index contributed by atoms with van der Waals surface area (Å²) in [6.45, 7) is 3.49. The molecule has 0 bridgehead atoms. The number of aldehydes is 2. The van der Waals surface area contributed by atoms with Crippen molar-refractivity contribution in [1.82, 2.24) is 15.1 Å². The van der Waals surface area contributed by atoms with Gasteiger partial charge < -0.3 is 50.4 Å². The van der Waals surface area contributed by atoms with Crippen molar-refractivity contribution in [1.29, 1.82) is 0 Å². The zero-order chi connectivity index (χ0) is 66.0. The second kappa shape index (κ2) is 38.7. The van der Waals surface area contributed by atoms with Gasteiger partial charge in [-0.2, -0.15) is 65.9 Å². The number of carbonyl (C=O) groups is 7. The number of nitrogens with zero attached hydrogens (tertiary/aromatic N) is 2. The third-order valence-electron chi connectivity index (χ3n) is 11.5. The summed E-state index contributed by atoms with van der Waals surface area (Å²) in [7, 11) is 0. The predicted octanol–water partition coefficient (Wildman–Crippen LogP) is 10.2. The number of hydrogen-bond acceptors (Lipinski definition) is 12. The maximum atomic E-state index is 12.3. The van der Waals surface area contributed by atoms with Crippen LogP contribution in [0, 0.1) is 11.8 Å². The van der Waals surface area contributed by atoms with Gasteiger partial charge in [0, 0.05) is 95.8 Å². The maximum absolute atomic E-state index is 12.3. The number of hydrogen-bond donors (Lipinski definition) is 5. The number of halogens is 15. The molecule has 0 aromatic heterocycles. The number of aliphatic carboxylic acids is 1. The van der Waals surface area contributed by atoms with Gasteiger partial charge in [0.05, 0.1) is 19.3 Å². The number of likely N-dealkylation sites (tertiary alicyclic amines) is 1. The smallest absolute Gasteiger partial charge is 0.392 e. The van der Waals surface area contributed by atoms with E-state index >= 15 is 0 Å². The van der Waals surface area contributed by atoms with E-state index in [9.17, 15) is 94.9 Å². The molecular weight excluding hydrogens is 1210 g/mol. The van der Waals surface area contributed by atoms with Crippen molar-refractivity contribution in [3.63, 3.8) is 0 Å². The zero-order valence-corrected chi connectivity index (χ0v) is 46.2. The van der Waals surface area contributed by atoms with E-state index in [1.54, 1.807) is 30.3 Å². The maximum Gasteiger partial charge on any atom is 0.392 e. The van der Waals surface area contributed by atoms with Gasteiger partial charge >= 0.3 is 42.8 Å². The zero-order valence-electron chi connectivity index (χ0n) is 46.2. The molecule has 3 amide bonds. The topological polar surface area (TPSA) is 243 Å². The van der Waals surface area contributed by atoms with Crippen molar-refractivity contribution >= 4 is 42.2 Å². The van der Waals surface area contributed by atoms with E-state index in [1.807, 2.05) is 60.7 Å². The molecule has 486 valence electrons. The van der Waals surface area contributed by atoms with E-state index in [2.05, 4.69) is 10.1 Å². The second-order valence-corrected chi connectivity index (χ2v) is 19.1. The minimum atomic E-state index is -4.43. The average molecular weight is 1270 g/mol. The van der Waals surface area contributed by atoms with Crippen molar-refractivity contribution in [2.45, 2.75) is 134 Å². The molecule has 31 heteroatoms. The standard InChI is InChI=1S/C13H12F3NO2.C13H14F3NO.C7H9N.C6H8F3NO.C6H5F3O3.C5H10O.C4H5F3O.C2H2O3/c14-13(15,16)7-10-6-11(18)17(12(10)19)8-9-4-2-1-3-5-9;14-13(15,16)7-11-6-12(18)17(9-11)8-10-4-2-1-3-5-10;8-6-7-4-2-1-3-5-7;7-6(8,9)2-4-1-5(11)10-3-4;7-6(8,9)2-3-1-4(10)12-5(3)11;1-2-4-6-5-3-1;5-4(6,7)2-1-3-8;3-1-2(4)5/h1-6,12,19H,7-8H2;1-5,11H,6-9H2;1-5H,6,8H2;4H,1-3H2,(H,10,11);1,5,11H,2H2;1-5H2;3H,1-2H2;1H,(H,4,5). The highest BCUT2D eigenvalue weighted by atomic mass is 19.4. The second-order valence-electron chi connectivity index (χ2n) is 19.1. The van der Waals surface area contributed by atoms with E-state index in [4.69, 9.17) is 30.3 Å². The summed E-state index contributed by atoms with van der Waals surface area (Å²) >= 11 is 0. The quantitative estimate of drug-likeness (QED) is 0.0491. The lowest BCUT2D eigenvalue weighted by Gasteiger charge is -2.23. The monoisotopic (exact) mass is 1270 g/mol. The molecule has 0 radical (unpaired) electrons. The summed E-state index contributed by atoms with van der Waals surface area (Å²) < 4.78 is 186. The molecule has 5 aliphatic heterocycles. The summed E-state index contributed by atoms with van der Waals surface area (Å²) in [6, 6.07) is 28.1. The summed E-state index contributed by atoms with van der Waals surface area (Å²) in [4.78, 5) is 73.8. The lowest BCUT2D eigenvalue weighted by molar-refractivity contribution is -0.156. The van der Waals surface area contributed by atoms with Gasteiger partial charge in [-0.05, 0) is 53.4 Å². The Morgan fingerprint density at radius 1 is 0.621 bits per heavy atom. The molecule has 87 heavy (non-hydrogen) atoms. The normalized spacial score (nSPS) is 19.0. The number of benzene rings is 3. The largest absolute Gasteiger partial charge is 0.476 e. The Kier molecular flexibility index (Phi) is 34.5. The first-order chi connectivity index (χ1) is 40.4. The first kappa shape index (κ1) is 77.6. The van der Waals surface area contributed by atoms with Crippen molar-refractivity contribution in [3.05, 3.63) is 131 Å². The molecule has 0 spiro atoms. The average Bonchev–Trinajstić information content (AvgIpc) is 2.20. The Morgan fingerprint density at radius 3 is 1.44 bits per heavy atom. The first-order valence-electron chi connectivity index (χ1n) is 26.1. The molecule has 16 nitrogen and oxygen atoms in total. The highest BCUT2D eigenvalue weighted by Crippen LogP contribution is 2.34. The Labute approximate surface area is 489 Å². The van der Waals surface area contributed by atoms with Crippen molar-refractivity contribution in [2.24, 2.45) is 17.6 Å². The van der Waals surface area contributed by atoms with Gasteiger partial charge in [-0.1, -0.05) is 91.0 Å². The molecular formula is C56H65F15N4O12. The molecule has 3 aromatic rings. The van der Waals surface area contributed by atoms with E-state index in [0.717, 1.165) is 35.3 Å². The van der Waals surface area contributed by atoms with Gasteiger partial charge in [0.25, 0.3) is 0 Å². The molecule has 3 aromatic carbocycles. The third kappa shape index (κ3) is 39.1. The molecule has 8 rings (SSSR count). The molecule has 0 saturated carbocycles. The summed E-state index contributed by atoms with van der Waals surface area (Å²) in [5, 5.41) is 28.2. The van der Waals surface area contributed by atoms with E-state index in [1.165, 1.54) is 29.7 Å². The SMILES string of the molecule is C1CCOCC1.NCc1ccccc1.O=C1C=C(CC(F)(F)F)C(O)N1Cc1ccccc1.O=C1C=C(CC(F)(F)F)C(O)O1.O=C1CC(CC(F)(F)F)CN1.O=C1CC(CC(F)(F)F)CN1Cc1ccccc1.O=CC(=O)O.O=CCCC(F)(F)F. The van der Waals surface area contributed by atoms with Crippen LogP contribution in [0.2, 0.25) is 0 Å². The number of aliphatic hydroxyl groups excluding tert-OH is 2. The molecule has 0 aliphatic carbocycles. The van der Waals surface area contributed by atoms with Crippen LogP contribution in [-0.4, -0.2) is 137 Å². The van der Waals surface area contributed by atoms with Crippen LogP contribution < -0.4 is 11.1 Å². The minimum absolute atomic E-state index is 0.00629. The fourth-order valence-corrected chi connectivity index (χ4v) is 7.70. The van der Waals surface area contributed by atoms with Gasteiger partial charge in [0.1, 0.15) is 6.29 Å². The number of alkyl halides is 15. The Balaban J connectivity index is 0.000000516. The van der Waals surface area contributed by atoms with Gasteiger partial charge in [-0.15, -0.1) is 0 Å². The van der Waals surface area contributed by atoms with Crippen LogP contribution in [0.1, 0.15) is 87.3 Å². The molecule has 3 saturated heterocycles. The lowest BCUT2D eigenvalue weighted by Crippen LogP contribution is -2.35. The summed E-state index contributed by atoms with van der Waals surface area (Å²) in [6.07, 6.45) is -24.8. The number of esters is 1. The molecule has 4 atom stereocenters. The fraction of sp³-hybridized carbons (Fsp3) is 0.482. The molecule has 3 fully saturated rings. The number of amides is 3. The van der Waals surface area contributed by atoms with E-state index < -0.39 is 117 Å². The van der Waals surface area contributed by atoms with Gasteiger partial charge in [0.2, 0.25) is 30.3 Å². The minimum Gasteiger partial charge on any atom is -0.476 e. The van der Waals surface area contributed by atoms with Crippen molar-refractivity contribution < 1.29 is 124 Å². The van der Waals surface area contributed by atoms with Crippen LogP contribution in [0.25, 0.3) is 0 Å². The number of nitrogens with one attached hydrogen (secondary N) is 1. The highest BCUT2D eigenvalue weighted by molar-refractivity contribution is 6.19. The van der Waals surface area contributed by atoms with E-state index in [-0.39, 0.29) is 62.4 Å². The van der Waals surface area contributed by atoms with Gasteiger partial charge in [0.15, 0.2) is 6.23 Å². The van der Waals surface area contributed by atoms with Gasteiger partial charge in [-0.25, -0.2) is 9.59 Å². The number of carbonyl (C=O) groups excluding carboxylic acids is 6. The van der Waals surface area contributed by atoms with Crippen LogP contribution in [0.15, 0.2) is 114 Å². The predicted molar refractivity (Wildman–Crippen MR) is 279 cm³/mol. The third-order valence-corrected chi connectivity index (χ3v) is 11.5. The van der Waals surface area contributed by atoms with E-state index in [0.29, 0.717) is 19.2 Å². The molecule has 5 heterocycles. The molecule has 5 aliphatic rings. The summed E-state index contributed by atoms with van der Waals surface area (Å²) in [5.74, 6) is -4.58. The lowest BCUT2D eigenvalue weighted by atomic mass is 10.0. The van der Waals surface area contributed by atoms with Crippen LogP contribution >= 0.6 is 0 Å². The Hall–Kier alpha value is -7.38. The fourth-order valence-electron chi connectivity index (χ4n) is 7.70. The number of carboxylic acids is 1. The number of nitrogens with two attached hydrogens (primary N) is 1. The Bertz CT molecular complexity index is 2590. The number of aliphatic hydroxyl groups is 2. The summed E-state index contributed by atoms with van der Waals surface area (Å²) in [5.41, 5.74) is 7.46. The number of ether oxygens (including phenoxy) is 2. The molecule has 4 unspecified atom stereocenters. The van der Waals surface area contributed by atoms with Gasteiger partial charge in [-0.3, -0.25) is 19.2 Å². The van der Waals surface area contributed by atoms with Crippen molar-refractivity contribution in [3.8, 4) is 0 Å². The molecule has 6 N–H and O–H groups in total.